The van der Waals surface area contributed by atoms with Gasteiger partial charge in [0, 0.05) is 5.57 Å². The molecular weight excluding hydrogens is 240 g/mol. The Bertz CT molecular complexity index is 356. The van der Waals surface area contributed by atoms with Gasteiger partial charge in [-0.2, -0.15) is 0 Å². The van der Waals surface area contributed by atoms with E-state index in [4.69, 9.17) is 15.3 Å². The third kappa shape index (κ3) is 6.03. The Hall–Kier alpha value is -1.85. The summed E-state index contributed by atoms with van der Waals surface area (Å²) in [6, 6.07) is 0. The molecule has 0 amide bonds. The molecule has 0 rings (SSSR count). The van der Waals surface area contributed by atoms with Crippen molar-refractivity contribution in [2.24, 2.45) is 0 Å². The maximum Gasteiger partial charge on any atom is 0.332 e. The zero-order valence-electron chi connectivity index (χ0n) is 10.3. The van der Waals surface area contributed by atoms with Crippen LogP contribution in [0.2, 0.25) is 0 Å². The van der Waals surface area contributed by atoms with E-state index in [0.29, 0.717) is 6.42 Å². The number of rotatable bonds is 9. The molecule has 6 nitrogen and oxygen atoms in total. The minimum absolute atomic E-state index is 0.0875. The molecule has 18 heavy (non-hydrogen) atoms. The molecule has 0 aliphatic rings. The third-order valence-corrected chi connectivity index (χ3v) is 2.49. The highest BCUT2D eigenvalue weighted by Gasteiger charge is 2.21. The smallest absolute Gasteiger partial charge is 0.332 e. The standard InChI is InChI=1S/C12H18O6/c1-2-3-4-5-6-8(11(15)16)9(12(17)18)7-10(13)14/h2-7H2,1H3,(H,13,14)(H,15,16)(H,17,18)/b9-8-. The summed E-state index contributed by atoms with van der Waals surface area (Å²) in [4.78, 5) is 32.4. The van der Waals surface area contributed by atoms with Gasteiger partial charge in [0.05, 0.1) is 12.0 Å². The lowest BCUT2D eigenvalue weighted by molar-refractivity contribution is -0.140. The second-order valence-corrected chi connectivity index (χ2v) is 3.95. The molecule has 0 aliphatic heterocycles. The maximum atomic E-state index is 11.0. The highest BCUT2D eigenvalue weighted by Crippen LogP contribution is 2.17. The Morgan fingerprint density at radius 1 is 0.833 bits per heavy atom. The predicted octanol–water partition coefficient (Wildman–Crippen LogP) is 1.90. The molecule has 0 aliphatic carbocycles. The zero-order valence-corrected chi connectivity index (χ0v) is 10.3. The summed E-state index contributed by atoms with van der Waals surface area (Å²) in [6.45, 7) is 2.00. The van der Waals surface area contributed by atoms with E-state index in [2.05, 4.69) is 0 Å². The molecule has 0 aromatic rings. The van der Waals surface area contributed by atoms with Crippen molar-refractivity contribution in [2.45, 2.75) is 45.4 Å². The van der Waals surface area contributed by atoms with Crippen LogP contribution in [0.1, 0.15) is 45.4 Å². The van der Waals surface area contributed by atoms with Crippen molar-refractivity contribution >= 4 is 17.9 Å². The molecule has 102 valence electrons. The Morgan fingerprint density at radius 3 is 1.78 bits per heavy atom. The first-order chi connectivity index (χ1) is 8.40. The minimum Gasteiger partial charge on any atom is -0.481 e. The summed E-state index contributed by atoms with van der Waals surface area (Å²) < 4.78 is 0. The van der Waals surface area contributed by atoms with Crippen molar-refractivity contribution in [1.82, 2.24) is 0 Å². The summed E-state index contributed by atoms with van der Waals surface area (Å²) >= 11 is 0. The lowest BCUT2D eigenvalue weighted by Crippen LogP contribution is -2.14. The normalized spacial score (nSPS) is 11.8. The Kier molecular flexibility index (Phi) is 7.42. The first kappa shape index (κ1) is 16.1. The van der Waals surface area contributed by atoms with Crippen molar-refractivity contribution in [3.63, 3.8) is 0 Å². The van der Waals surface area contributed by atoms with Crippen LogP contribution < -0.4 is 0 Å². The zero-order chi connectivity index (χ0) is 14.1. The van der Waals surface area contributed by atoms with Crippen LogP contribution in [-0.4, -0.2) is 33.2 Å². The van der Waals surface area contributed by atoms with Crippen molar-refractivity contribution in [1.29, 1.82) is 0 Å². The van der Waals surface area contributed by atoms with E-state index in [-0.39, 0.29) is 12.0 Å². The molecule has 0 saturated carbocycles. The van der Waals surface area contributed by atoms with Gasteiger partial charge in [-0.1, -0.05) is 26.2 Å². The third-order valence-electron chi connectivity index (χ3n) is 2.49. The fourth-order valence-corrected chi connectivity index (χ4v) is 1.58. The number of carboxylic acid groups (broad SMARTS) is 3. The van der Waals surface area contributed by atoms with E-state index in [1.165, 1.54) is 0 Å². The van der Waals surface area contributed by atoms with Gasteiger partial charge in [-0.3, -0.25) is 4.79 Å². The molecule has 3 N–H and O–H groups in total. The molecule has 6 heteroatoms. The van der Waals surface area contributed by atoms with Crippen LogP contribution in [0.25, 0.3) is 0 Å². The largest absolute Gasteiger partial charge is 0.481 e. The van der Waals surface area contributed by atoms with Crippen LogP contribution >= 0.6 is 0 Å². The van der Waals surface area contributed by atoms with Crippen LogP contribution in [0, 0.1) is 0 Å². The summed E-state index contributed by atoms with van der Waals surface area (Å²) in [5.41, 5.74) is -0.840. The molecule has 0 aromatic carbocycles. The Morgan fingerprint density at radius 2 is 1.39 bits per heavy atom. The average Bonchev–Trinajstić information content (AvgIpc) is 2.25. The van der Waals surface area contributed by atoms with Gasteiger partial charge in [0.15, 0.2) is 0 Å². The van der Waals surface area contributed by atoms with Crippen LogP contribution in [-0.2, 0) is 14.4 Å². The van der Waals surface area contributed by atoms with Gasteiger partial charge in [-0.05, 0) is 12.8 Å². The molecule has 0 bridgehead atoms. The van der Waals surface area contributed by atoms with E-state index in [1.54, 1.807) is 0 Å². The predicted molar refractivity (Wildman–Crippen MR) is 63.3 cm³/mol. The molecule has 0 atom stereocenters. The maximum absolute atomic E-state index is 11.0. The van der Waals surface area contributed by atoms with Crippen molar-refractivity contribution < 1.29 is 29.7 Å². The van der Waals surface area contributed by atoms with Crippen molar-refractivity contribution in [3.8, 4) is 0 Å². The van der Waals surface area contributed by atoms with Gasteiger partial charge in [0.25, 0.3) is 0 Å². The summed E-state index contributed by atoms with van der Waals surface area (Å²) in [5, 5.41) is 26.4. The number of aliphatic carboxylic acids is 3. The topological polar surface area (TPSA) is 112 Å². The van der Waals surface area contributed by atoms with E-state index >= 15 is 0 Å². The van der Waals surface area contributed by atoms with Crippen LogP contribution in [0.15, 0.2) is 11.1 Å². The van der Waals surface area contributed by atoms with Gasteiger partial charge in [0.2, 0.25) is 0 Å². The summed E-state index contributed by atoms with van der Waals surface area (Å²) in [7, 11) is 0. The van der Waals surface area contributed by atoms with Crippen molar-refractivity contribution in [3.05, 3.63) is 11.1 Å². The monoisotopic (exact) mass is 258 g/mol. The van der Waals surface area contributed by atoms with Crippen molar-refractivity contribution in [2.75, 3.05) is 0 Å². The molecule has 0 saturated heterocycles. The molecule has 0 fully saturated rings. The fourth-order valence-electron chi connectivity index (χ4n) is 1.58. The van der Waals surface area contributed by atoms with Gasteiger partial charge < -0.3 is 15.3 Å². The highest BCUT2D eigenvalue weighted by atomic mass is 16.4. The Balaban J connectivity index is 4.91. The van der Waals surface area contributed by atoms with Gasteiger partial charge in [-0.25, -0.2) is 9.59 Å². The molecule has 0 heterocycles. The van der Waals surface area contributed by atoms with Gasteiger partial charge in [0.1, 0.15) is 0 Å². The van der Waals surface area contributed by atoms with Crippen LogP contribution in [0.3, 0.4) is 0 Å². The fraction of sp³-hybridized carbons (Fsp3) is 0.583. The van der Waals surface area contributed by atoms with Gasteiger partial charge in [-0.15, -0.1) is 0 Å². The minimum atomic E-state index is -1.48. The van der Waals surface area contributed by atoms with Crippen LogP contribution in [0.5, 0.6) is 0 Å². The molecule has 0 spiro atoms. The quantitative estimate of drug-likeness (QED) is 0.430. The van der Waals surface area contributed by atoms with Crippen LogP contribution in [0.4, 0.5) is 0 Å². The molecule has 0 aromatic heterocycles. The van der Waals surface area contributed by atoms with E-state index < -0.39 is 29.9 Å². The summed E-state index contributed by atoms with van der Waals surface area (Å²) in [6.07, 6.45) is 2.58. The Labute approximate surface area is 105 Å². The number of hydrogen-bond donors (Lipinski definition) is 3. The number of hydrogen-bond acceptors (Lipinski definition) is 3. The highest BCUT2D eigenvalue weighted by molar-refractivity contribution is 6.01. The van der Waals surface area contributed by atoms with E-state index in [9.17, 15) is 14.4 Å². The first-order valence-corrected chi connectivity index (χ1v) is 5.80. The number of carbonyl (C=O) groups is 3. The molecule has 0 radical (unpaired) electrons. The SMILES string of the molecule is CCCCCC/C(C(=O)O)=C(\CC(=O)O)C(=O)O. The lowest BCUT2D eigenvalue weighted by Gasteiger charge is -2.07. The number of carboxylic acids is 3. The van der Waals surface area contributed by atoms with E-state index in [1.807, 2.05) is 6.92 Å². The second-order valence-electron chi connectivity index (χ2n) is 3.95. The first-order valence-electron chi connectivity index (χ1n) is 5.80. The average molecular weight is 258 g/mol. The van der Waals surface area contributed by atoms with Gasteiger partial charge >= 0.3 is 17.9 Å². The second kappa shape index (κ2) is 8.27. The summed E-state index contributed by atoms with van der Waals surface area (Å²) in [5.74, 6) is -4.19. The number of unbranched alkanes of at least 4 members (excludes halogenated alkanes) is 3. The molecular formula is C12H18O6. The van der Waals surface area contributed by atoms with E-state index in [0.717, 1.165) is 19.3 Å². The lowest BCUT2D eigenvalue weighted by atomic mass is 9.99. The molecule has 0 unspecified atom stereocenters.